The fraction of sp³-hybridized carbons (Fsp3) is 0.500. The van der Waals surface area contributed by atoms with Gasteiger partial charge in [0.25, 0.3) is 0 Å². The topological polar surface area (TPSA) is 41.3 Å². The molecule has 1 fully saturated rings. The van der Waals surface area contributed by atoms with Gasteiger partial charge in [0.2, 0.25) is 0 Å². The van der Waals surface area contributed by atoms with Gasteiger partial charge in [-0.2, -0.15) is 13.2 Å². The Hall–Kier alpha value is -1.27. The fourth-order valence-electron chi connectivity index (χ4n) is 2.08. The monoisotopic (exact) mass is 259 g/mol. The Balaban J connectivity index is 2.09. The number of nitrogens with one attached hydrogen (secondary N) is 1. The van der Waals surface area contributed by atoms with Crippen molar-refractivity contribution in [2.24, 2.45) is 5.73 Å². The predicted octanol–water partition coefficient (Wildman–Crippen LogP) is 1.44. The zero-order valence-electron chi connectivity index (χ0n) is 9.87. The van der Waals surface area contributed by atoms with Crippen LogP contribution in [0.5, 0.6) is 0 Å². The highest BCUT2D eigenvalue weighted by Gasteiger charge is 2.30. The van der Waals surface area contributed by atoms with Gasteiger partial charge < -0.3 is 16.0 Å². The van der Waals surface area contributed by atoms with E-state index in [2.05, 4.69) is 5.32 Å². The molecule has 18 heavy (non-hydrogen) atoms. The molecule has 0 amide bonds. The van der Waals surface area contributed by atoms with Crippen molar-refractivity contribution in [2.45, 2.75) is 12.2 Å². The van der Waals surface area contributed by atoms with E-state index in [1.165, 1.54) is 12.1 Å². The molecule has 0 aromatic heterocycles. The van der Waals surface area contributed by atoms with E-state index >= 15 is 0 Å². The molecule has 1 saturated heterocycles. The molecule has 1 aliphatic rings. The van der Waals surface area contributed by atoms with Gasteiger partial charge in [0.1, 0.15) is 0 Å². The molecule has 1 aliphatic heterocycles. The largest absolute Gasteiger partial charge is 0.416 e. The number of hydrogen-bond acceptors (Lipinski definition) is 3. The van der Waals surface area contributed by atoms with Crippen molar-refractivity contribution in [2.75, 3.05) is 31.1 Å². The quantitative estimate of drug-likeness (QED) is 0.844. The number of piperazine rings is 1. The molecular formula is C12H16F3N3. The van der Waals surface area contributed by atoms with Gasteiger partial charge >= 0.3 is 6.18 Å². The standard InChI is InChI=1S/C12H16F3N3/c13-12(14,15)9-1-3-11(4-2-9)18-6-5-17-10(7-16)8-18/h1-4,10,17H,5-8,16H2. The third kappa shape index (κ3) is 2.94. The molecule has 1 aromatic rings. The zero-order chi connectivity index (χ0) is 13.2. The Morgan fingerprint density at radius 3 is 2.50 bits per heavy atom. The molecule has 2 rings (SSSR count). The Morgan fingerprint density at radius 1 is 1.28 bits per heavy atom. The molecule has 6 heteroatoms. The Labute approximate surface area is 104 Å². The lowest BCUT2D eigenvalue weighted by atomic mass is 10.1. The maximum atomic E-state index is 12.4. The van der Waals surface area contributed by atoms with Crippen molar-refractivity contribution < 1.29 is 13.2 Å². The van der Waals surface area contributed by atoms with Crippen LogP contribution in [-0.2, 0) is 6.18 Å². The highest BCUT2D eigenvalue weighted by molar-refractivity contribution is 5.48. The van der Waals surface area contributed by atoms with Crippen LogP contribution < -0.4 is 16.0 Å². The number of halogens is 3. The second-order valence-corrected chi connectivity index (χ2v) is 4.38. The van der Waals surface area contributed by atoms with Gasteiger partial charge in [0.05, 0.1) is 5.56 Å². The van der Waals surface area contributed by atoms with Crippen molar-refractivity contribution >= 4 is 5.69 Å². The van der Waals surface area contributed by atoms with Crippen LogP contribution in [0.4, 0.5) is 18.9 Å². The molecule has 100 valence electrons. The molecule has 3 nitrogen and oxygen atoms in total. The molecule has 3 N–H and O–H groups in total. The molecule has 0 saturated carbocycles. The summed E-state index contributed by atoms with van der Waals surface area (Å²) in [7, 11) is 0. The minimum atomic E-state index is -4.28. The summed E-state index contributed by atoms with van der Waals surface area (Å²) >= 11 is 0. The lowest BCUT2D eigenvalue weighted by Crippen LogP contribution is -2.53. The van der Waals surface area contributed by atoms with Crippen LogP contribution in [-0.4, -0.2) is 32.2 Å². The van der Waals surface area contributed by atoms with Crippen molar-refractivity contribution in [3.05, 3.63) is 29.8 Å². The van der Waals surface area contributed by atoms with Gasteiger partial charge in [-0.1, -0.05) is 0 Å². The molecule has 0 bridgehead atoms. The fourth-order valence-corrected chi connectivity index (χ4v) is 2.08. The summed E-state index contributed by atoms with van der Waals surface area (Å²) in [4.78, 5) is 2.05. The smallest absolute Gasteiger partial charge is 0.369 e. The first kappa shape index (κ1) is 13.2. The summed E-state index contributed by atoms with van der Waals surface area (Å²) in [6.45, 7) is 2.82. The molecule has 1 unspecified atom stereocenters. The van der Waals surface area contributed by atoms with Crippen molar-refractivity contribution in [1.29, 1.82) is 0 Å². The average molecular weight is 259 g/mol. The highest BCUT2D eigenvalue weighted by atomic mass is 19.4. The lowest BCUT2D eigenvalue weighted by molar-refractivity contribution is -0.137. The van der Waals surface area contributed by atoms with Gasteiger partial charge in [-0.05, 0) is 24.3 Å². The maximum absolute atomic E-state index is 12.4. The highest BCUT2D eigenvalue weighted by Crippen LogP contribution is 2.30. The van der Waals surface area contributed by atoms with E-state index in [4.69, 9.17) is 5.73 Å². The number of nitrogens with two attached hydrogens (primary N) is 1. The Bertz CT molecular complexity index is 389. The van der Waals surface area contributed by atoms with E-state index in [-0.39, 0.29) is 6.04 Å². The van der Waals surface area contributed by atoms with Crippen LogP contribution in [0.3, 0.4) is 0 Å². The summed E-state index contributed by atoms with van der Waals surface area (Å²) < 4.78 is 37.3. The van der Waals surface area contributed by atoms with Crippen molar-refractivity contribution in [3.8, 4) is 0 Å². The van der Waals surface area contributed by atoms with Crippen molar-refractivity contribution in [3.63, 3.8) is 0 Å². The Kier molecular flexibility index (Phi) is 3.77. The molecule has 0 aliphatic carbocycles. The normalized spacial score (nSPS) is 21.1. The molecule has 0 radical (unpaired) electrons. The number of rotatable bonds is 2. The second kappa shape index (κ2) is 5.16. The first-order valence-corrected chi connectivity index (χ1v) is 5.86. The summed E-state index contributed by atoms with van der Waals surface area (Å²) in [5.74, 6) is 0. The van der Waals surface area contributed by atoms with E-state index in [1.54, 1.807) is 0 Å². The van der Waals surface area contributed by atoms with E-state index in [0.29, 0.717) is 6.54 Å². The zero-order valence-corrected chi connectivity index (χ0v) is 9.87. The van der Waals surface area contributed by atoms with Crippen LogP contribution in [0.2, 0.25) is 0 Å². The van der Waals surface area contributed by atoms with Crippen LogP contribution in [0, 0.1) is 0 Å². The predicted molar refractivity (Wildman–Crippen MR) is 64.5 cm³/mol. The number of anilines is 1. The number of hydrogen-bond donors (Lipinski definition) is 2. The van der Waals surface area contributed by atoms with Crippen molar-refractivity contribution in [1.82, 2.24) is 5.32 Å². The summed E-state index contributed by atoms with van der Waals surface area (Å²) in [5, 5.41) is 3.26. The third-order valence-electron chi connectivity index (χ3n) is 3.10. The lowest BCUT2D eigenvalue weighted by Gasteiger charge is -2.34. The number of benzene rings is 1. The summed E-state index contributed by atoms with van der Waals surface area (Å²) in [6.07, 6.45) is -4.28. The third-order valence-corrected chi connectivity index (χ3v) is 3.10. The van der Waals surface area contributed by atoms with Gasteiger partial charge in [0, 0.05) is 37.9 Å². The molecule has 1 atom stereocenters. The van der Waals surface area contributed by atoms with Crippen LogP contribution in [0.1, 0.15) is 5.56 Å². The second-order valence-electron chi connectivity index (χ2n) is 4.38. The van der Waals surface area contributed by atoms with Gasteiger partial charge in [-0.3, -0.25) is 0 Å². The Morgan fingerprint density at radius 2 is 1.94 bits per heavy atom. The van der Waals surface area contributed by atoms with Gasteiger partial charge in [0.15, 0.2) is 0 Å². The van der Waals surface area contributed by atoms with Crippen LogP contribution >= 0.6 is 0 Å². The van der Waals surface area contributed by atoms with E-state index < -0.39 is 11.7 Å². The van der Waals surface area contributed by atoms with Gasteiger partial charge in [-0.15, -0.1) is 0 Å². The van der Waals surface area contributed by atoms with Crippen LogP contribution in [0.25, 0.3) is 0 Å². The summed E-state index contributed by atoms with van der Waals surface area (Å²) in [5.41, 5.74) is 5.78. The molecule has 0 spiro atoms. The van der Waals surface area contributed by atoms with Crippen LogP contribution in [0.15, 0.2) is 24.3 Å². The minimum Gasteiger partial charge on any atom is -0.369 e. The van der Waals surface area contributed by atoms with E-state index in [1.807, 2.05) is 4.90 Å². The maximum Gasteiger partial charge on any atom is 0.416 e. The average Bonchev–Trinajstić information content (AvgIpc) is 2.38. The molecule has 1 aromatic carbocycles. The number of nitrogens with zero attached hydrogens (tertiary/aromatic N) is 1. The van der Waals surface area contributed by atoms with E-state index in [9.17, 15) is 13.2 Å². The number of alkyl halides is 3. The minimum absolute atomic E-state index is 0.195. The molecular weight excluding hydrogens is 243 g/mol. The SMILES string of the molecule is NCC1CN(c2ccc(C(F)(F)F)cc2)CCN1. The van der Waals surface area contributed by atoms with Gasteiger partial charge in [-0.25, -0.2) is 0 Å². The molecule has 1 heterocycles. The summed E-state index contributed by atoms with van der Waals surface area (Å²) in [6, 6.07) is 5.47. The first-order chi connectivity index (χ1) is 8.50. The first-order valence-electron chi connectivity index (χ1n) is 5.86. The van der Waals surface area contributed by atoms with E-state index in [0.717, 1.165) is 37.5 Å².